The summed E-state index contributed by atoms with van der Waals surface area (Å²) in [5, 5.41) is 1.01. The number of nitrogens with zero attached hydrogens (tertiary/aromatic N) is 2. The Kier molecular flexibility index (Phi) is 16.5. The Morgan fingerprint density at radius 1 is 0.559 bits per heavy atom. The van der Waals surface area contributed by atoms with Crippen molar-refractivity contribution in [3.63, 3.8) is 0 Å². The largest absolute Gasteiger partial charge is 0.461 e. The molecule has 1 aromatic heterocycles. The van der Waals surface area contributed by atoms with Gasteiger partial charge >= 0.3 is 11.9 Å². The van der Waals surface area contributed by atoms with Crippen molar-refractivity contribution in [2.45, 2.75) is 65.6 Å². The smallest absolute Gasteiger partial charge is 0.338 e. The minimum absolute atomic E-state index is 0.152. The van der Waals surface area contributed by atoms with E-state index in [2.05, 4.69) is 51.3 Å². The van der Waals surface area contributed by atoms with Gasteiger partial charge in [0.1, 0.15) is 13.2 Å². The lowest BCUT2D eigenvalue weighted by Crippen LogP contribution is -2.37. The molecule has 0 aliphatic heterocycles. The Hall–Kier alpha value is -4.78. The maximum atomic E-state index is 13.3. The van der Waals surface area contributed by atoms with Crippen LogP contribution in [0.5, 0.6) is 0 Å². The molecule has 0 saturated heterocycles. The van der Waals surface area contributed by atoms with E-state index in [4.69, 9.17) is 18.9 Å². The molecular formula is C48H58N2O8S. The van der Waals surface area contributed by atoms with Crippen molar-refractivity contribution in [3.05, 3.63) is 130 Å². The maximum Gasteiger partial charge on any atom is 0.338 e. The van der Waals surface area contributed by atoms with Crippen LogP contribution in [0, 0.1) is 0 Å². The number of likely N-dealkylation sites (N-methyl/N-ethyl adjacent to an activating group) is 2. The van der Waals surface area contributed by atoms with E-state index in [9.17, 15) is 19.2 Å². The van der Waals surface area contributed by atoms with E-state index in [0.29, 0.717) is 66.7 Å². The van der Waals surface area contributed by atoms with Gasteiger partial charge in [-0.2, -0.15) is 0 Å². The third-order valence-corrected chi connectivity index (χ3v) is 11.7. The summed E-state index contributed by atoms with van der Waals surface area (Å²) in [6.07, 6.45) is 1.50. The van der Waals surface area contributed by atoms with Gasteiger partial charge in [0.05, 0.1) is 40.9 Å². The summed E-state index contributed by atoms with van der Waals surface area (Å²) < 4.78 is 25.6. The molecule has 5 rings (SSSR count). The average molecular weight is 823 g/mol. The number of rotatable bonds is 23. The van der Waals surface area contributed by atoms with Crippen molar-refractivity contribution in [2.75, 3.05) is 65.7 Å². The predicted octanol–water partition coefficient (Wildman–Crippen LogP) is 8.67. The topological polar surface area (TPSA) is 112 Å². The summed E-state index contributed by atoms with van der Waals surface area (Å²) in [6.45, 7) is 18.0. The molecule has 0 atom stereocenters. The lowest BCUT2D eigenvalue weighted by molar-refractivity contribution is -0.0791. The fourth-order valence-corrected chi connectivity index (χ4v) is 7.87. The summed E-state index contributed by atoms with van der Waals surface area (Å²) >= 11 is 1.49. The van der Waals surface area contributed by atoms with E-state index in [1.807, 2.05) is 30.3 Å². The molecule has 0 fully saturated rings. The molecule has 0 saturated carbocycles. The fraction of sp³-hybridized carbons (Fsp3) is 0.417. The maximum absolute atomic E-state index is 13.3. The van der Waals surface area contributed by atoms with Crippen molar-refractivity contribution in [1.29, 1.82) is 0 Å². The number of hydrogen-bond donors (Lipinski definition) is 0. The highest BCUT2D eigenvalue weighted by Crippen LogP contribution is 2.27. The molecule has 4 aromatic carbocycles. The van der Waals surface area contributed by atoms with Crippen LogP contribution >= 0.6 is 11.3 Å². The first-order chi connectivity index (χ1) is 28.3. The second-order valence-electron chi connectivity index (χ2n) is 15.7. The van der Waals surface area contributed by atoms with Crippen LogP contribution in [0.3, 0.4) is 0 Å². The molecule has 5 aromatic rings. The molecule has 0 unspecified atom stereocenters. The van der Waals surface area contributed by atoms with Gasteiger partial charge in [-0.25, -0.2) is 9.59 Å². The number of ether oxygens (including phenoxy) is 4. The molecule has 0 aliphatic carbocycles. The third-order valence-electron chi connectivity index (χ3n) is 10.6. The van der Waals surface area contributed by atoms with Crippen molar-refractivity contribution in [3.8, 4) is 0 Å². The van der Waals surface area contributed by atoms with Crippen molar-refractivity contribution in [1.82, 2.24) is 9.80 Å². The molecule has 59 heavy (non-hydrogen) atoms. The average Bonchev–Trinajstić information content (AvgIpc) is 3.23. The van der Waals surface area contributed by atoms with Crippen LogP contribution in [0.25, 0.3) is 20.2 Å². The number of esters is 2. The van der Waals surface area contributed by atoms with Gasteiger partial charge in [0.25, 0.3) is 0 Å². The Labute approximate surface area is 352 Å². The highest BCUT2D eigenvalue weighted by molar-refractivity contribution is 7.24. The first-order valence-corrected chi connectivity index (χ1v) is 21.3. The summed E-state index contributed by atoms with van der Waals surface area (Å²) in [6, 6.07) is 28.5. The standard InChI is InChI=1S/C48H58N2O8S/c1-7-49(28-32-55-45(53)37-20-13-12-19-36(37)43(51)35-17-10-9-11-18-35)27-25-47(3,4)57-31-26-48(5,6)58-34-30-50(8-2)29-33-56-46(54)39-22-16-24-41-42(39)44(52)38-21-14-15-23-40(38)59-41/h9-24H,7-8,25-34H2,1-6H3. The number of ketones is 1. The third kappa shape index (κ3) is 12.9. The molecule has 10 nitrogen and oxygen atoms in total. The van der Waals surface area contributed by atoms with E-state index in [1.54, 1.807) is 66.7 Å². The van der Waals surface area contributed by atoms with Gasteiger partial charge in [0.2, 0.25) is 0 Å². The highest BCUT2D eigenvalue weighted by Gasteiger charge is 2.25. The van der Waals surface area contributed by atoms with Gasteiger partial charge in [0, 0.05) is 52.1 Å². The first kappa shape index (κ1) is 45.3. The summed E-state index contributed by atoms with van der Waals surface area (Å²) in [5.41, 5.74) is 0.487. The van der Waals surface area contributed by atoms with Gasteiger partial charge in [-0.15, -0.1) is 11.3 Å². The van der Waals surface area contributed by atoms with E-state index in [-0.39, 0.29) is 35.6 Å². The zero-order valence-corrected chi connectivity index (χ0v) is 36.1. The monoisotopic (exact) mass is 822 g/mol. The molecule has 0 radical (unpaired) electrons. The van der Waals surface area contributed by atoms with Crippen LogP contribution in [0.4, 0.5) is 0 Å². The van der Waals surface area contributed by atoms with Crippen LogP contribution in [0.15, 0.2) is 102 Å². The van der Waals surface area contributed by atoms with Crippen molar-refractivity contribution in [2.24, 2.45) is 0 Å². The van der Waals surface area contributed by atoms with E-state index < -0.39 is 17.5 Å². The normalized spacial score (nSPS) is 12.1. The molecule has 1 heterocycles. The molecule has 11 heteroatoms. The van der Waals surface area contributed by atoms with Gasteiger partial charge in [-0.1, -0.05) is 80.6 Å². The first-order valence-electron chi connectivity index (χ1n) is 20.5. The van der Waals surface area contributed by atoms with Crippen LogP contribution in [-0.2, 0) is 18.9 Å². The number of fused-ring (bicyclic) bond motifs is 2. The molecule has 0 bridgehead atoms. The second-order valence-corrected chi connectivity index (χ2v) is 16.8. The lowest BCUT2D eigenvalue weighted by atomic mass is 9.98. The molecule has 314 valence electrons. The Balaban J connectivity index is 0.988. The fourth-order valence-electron chi connectivity index (χ4n) is 6.76. The SMILES string of the molecule is CCN(CCOC(=O)c1cccc2sc3ccccc3c(=O)c12)CCOC(C)(C)CCOC(C)(C)CCN(CC)CCOC(=O)c1ccccc1C(=O)c1ccccc1. The highest BCUT2D eigenvalue weighted by atomic mass is 32.1. The van der Waals surface area contributed by atoms with Crippen molar-refractivity contribution >= 4 is 49.2 Å². The van der Waals surface area contributed by atoms with Crippen LogP contribution in [-0.4, -0.2) is 104 Å². The predicted molar refractivity (Wildman–Crippen MR) is 236 cm³/mol. The Morgan fingerprint density at radius 2 is 1.08 bits per heavy atom. The van der Waals surface area contributed by atoms with Crippen LogP contribution in [0.1, 0.15) is 91.0 Å². The van der Waals surface area contributed by atoms with Crippen molar-refractivity contribution < 1.29 is 33.3 Å². The molecule has 0 N–H and O–H groups in total. The minimum atomic E-state index is -0.509. The zero-order valence-electron chi connectivity index (χ0n) is 35.3. The summed E-state index contributed by atoms with van der Waals surface area (Å²) in [7, 11) is 0. The number of benzene rings is 4. The second kappa shape index (κ2) is 21.5. The van der Waals surface area contributed by atoms with E-state index in [0.717, 1.165) is 35.5 Å². The van der Waals surface area contributed by atoms with Gasteiger partial charge in [-0.3, -0.25) is 14.5 Å². The Morgan fingerprint density at radius 3 is 1.78 bits per heavy atom. The van der Waals surface area contributed by atoms with E-state index in [1.165, 1.54) is 11.3 Å². The van der Waals surface area contributed by atoms with Gasteiger partial charge in [0.15, 0.2) is 11.2 Å². The zero-order chi connectivity index (χ0) is 42.4. The molecule has 0 amide bonds. The van der Waals surface area contributed by atoms with Crippen LogP contribution in [0.2, 0.25) is 0 Å². The molecule has 0 aliphatic rings. The number of carbonyl (C=O) groups is 3. The lowest BCUT2D eigenvalue weighted by Gasteiger charge is -2.32. The molecule has 0 spiro atoms. The summed E-state index contributed by atoms with van der Waals surface area (Å²) in [5.74, 6) is -1.22. The van der Waals surface area contributed by atoms with E-state index >= 15 is 0 Å². The van der Waals surface area contributed by atoms with Crippen LogP contribution < -0.4 is 5.43 Å². The van der Waals surface area contributed by atoms with Gasteiger partial charge in [-0.05, 0) is 84.0 Å². The number of hydrogen-bond acceptors (Lipinski definition) is 11. The van der Waals surface area contributed by atoms with Gasteiger partial charge < -0.3 is 23.8 Å². The minimum Gasteiger partial charge on any atom is -0.461 e. The molecular weight excluding hydrogens is 765 g/mol. The summed E-state index contributed by atoms with van der Waals surface area (Å²) in [4.78, 5) is 57.0. The Bertz CT molecular complexity index is 2240. The quantitative estimate of drug-likeness (QED) is 0.0361. The number of carbonyl (C=O) groups excluding carboxylic acids is 3.